The largest absolute Gasteiger partial charge is 0.468 e. The highest BCUT2D eigenvalue weighted by Crippen LogP contribution is 2.14. The van der Waals surface area contributed by atoms with Gasteiger partial charge in [-0.1, -0.05) is 5.92 Å². The Morgan fingerprint density at radius 1 is 1.39 bits per heavy atom. The van der Waals surface area contributed by atoms with Crippen LogP contribution in [0.5, 0.6) is 0 Å². The molecule has 0 bridgehead atoms. The van der Waals surface area contributed by atoms with Gasteiger partial charge in [-0.05, 0) is 38.8 Å². The number of ether oxygens (including phenoxy) is 1. The summed E-state index contributed by atoms with van der Waals surface area (Å²) in [7, 11) is 1.25. The summed E-state index contributed by atoms with van der Waals surface area (Å²) in [6.07, 6.45) is 1.58. The third-order valence-electron chi connectivity index (χ3n) is 2.70. The molecule has 0 saturated heterocycles. The van der Waals surface area contributed by atoms with Crippen molar-refractivity contribution in [2.75, 3.05) is 12.8 Å². The van der Waals surface area contributed by atoms with Crippen molar-refractivity contribution in [1.82, 2.24) is 10.5 Å². The molecule has 0 fully saturated rings. The van der Waals surface area contributed by atoms with Gasteiger partial charge in [0.05, 0.1) is 24.4 Å². The first-order valence-corrected chi connectivity index (χ1v) is 6.99. The van der Waals surface area contributed by atoms with Crippen molar-refractivity contribution in [2.45, 2.75) is 33.2 Å². The third-order valence-corrected chi connectivity index (χ3v) is 2.70. The minimum Gasteiger partial charge on any atom is -0.468 e. The van der Waals surface area contributed by atoms with E-state index in [1.165, 1.54) is 13.3 Å². The van der Waals surface area contributed by atoms with E-state index in [0.717, 1.165) is 0 Å². The van der Waals surface area contributed by atoms with Crippen LogP contribution in [0.4, 0.5) is 5.69 Å². The lowest BCUT2D eigenvalue weighted by atomic mass is 9.98. The Morgan fingerprint density at radius 2 is 2.09 bits per heavy atom. The van der Waals surface area contributed by atoms with Crippen molar-refractivity contribution in [1.29, 1.82) is 0 Å². The fourth-order valence-electron chi connectivity index (χ4n) is 1.32. The number of hydrogen-bond acceptors (Lipinski definition) is 7. The Balaban J connectivity index is 2.67. The van der Waals surface area contributed by atoms with Crippen molar-refractivity contribution >= 4 is 17.6 Å². The average Bonchev–Trinajstić information content (AvgIpc) is 2.50. The molecule has 0 spiro atoms. The predicted molar refractivity (Wildman–Crippen MR) is 84.6 cm³/mol. The number of nitrogens with zero attached hydrogens (tertiary/aromatic N) is 1. The summed E-state index contributed by atoms with van der Waals surface area (Å²) in [6.45, 7) is 5.12. The van der Waals surface area contributed by atoms with Crippen molar-refractivity contribution in [2.24, 2.45) is 5.41 Å². The van der Waals surface area contributed by atoms with E-state index in [0.29, 0.717) is 11.4 Å². The summed E-state index contributed by atoms with van der Waals surface area (Å²) in [4.78, 5) is 32.3. The summed E-state index contributed by atoms with van der Waals surface area (Å²) >= 11 is 0. The molecule has 23 heavy (non-hydrogen) atoms. The number of rotatable bonds is 4. The molecule has 1 atom stereocenters. The van der Waals surface area contributed by atoms with Crippen LogP contribution in [0.2, 0.25) is 0 Å². The maximum Gasteiger partial charge on any atom is 0.330 e. The smallest absolute Gasteiger partial charge is 0.330 e. The number of carbonyl (C=O) groups excluding carboxylic acids is 2. The van der Waals surface area contributed by atoms with Gasteiger partial charge in [-0.2, -0.15) is 0 Å². The second kappa shape index (κ2) is 8.15. The first-order valence-electron chi connectivity index (χ1n) is 6.99. The lowest BCUT2D eigenvalue weighted by molar-refractivity contribution is -0.166. The average molecular weight is 319 g/mol. The van der Waals surface area contributed by atoms with Gasteiger partial charge in [0.15, 0.2) is 6.04 Å². The first kappa shape index (κ1) is 18.5. The number of carbonyl (C=O) groups is 2. The topological polar surface area (TPSA) is 104 Å². The molecule has 7 nitrogen and oxygen atoms in total. The van der Waals surface area contributed by atoms with Crippen molar-refractivity contribution < 1.29 is 19.2 Å². The molecule has 1 rings (SSSR count). The zero-order valence-electron chi connectivity index (χ0n) is 13.7. The van der Waals surface area contributed by atoms with Crippen LogP contribution in [0, 0.1) is 17.3 Å². The molecular weight excluding hydrogens is 298 g/mol. The molecule has 3 N–H and O–H groups in total. The molecule has 124 valence electrons. The maximum atomic E-state index is 11.7. The minimum atomic E-state index is -0.882. The molecule has 7 heteroatoms. The zero-order chi connectivity index (χ0) is 17.5. The lowest BCUT2D eigenvalue weighted by Gasteiger charge is -2.19. The second-order valence-corrected chi connectivity index (χ2v) is 5.82. The van der Waals surface area contributed by atoms with Gasteiger partial charge < -0.3 is 15.3 Å². The number of methoxy groups -OCH3 is 1. The minimum absolute atomic E-state index is 0.0934. The van der Waals surface area contributed by atoms with E-state index in [-0.39, 0.29) is 6.42 Å². The van der Waals surface area contributed by atoms with E-state index in [1.807, 2.05) is 0 Å². The van der Waals surface area contributed by atoms with Gasteiger partial charge in [0.25, 0.3) is 0 Å². The number of esters is 1. The van der Waals surface area contributed by atoms with Gasteiger partial charge >= 0.3 is 11.9 Å². The van der Waals surface area contributed by atoms with Crippen LogP contribution in [-0.2, 0) is 19.2 Å². The molecule has 0 unspecified atom stereocenters. The second-order valence-electron chi connectivity index (χ2n) is 5.82. The van der Waals surface area contributed by atoms with Crippen molar-refractivity contribution in [3.8, 4) is 11.8 Å². The number of hydroxylamine groups is 1. The van der Waals surface area contributed by atoms with Gasteiger partial charge in [-0.15, -0.1) is 5.48 Å². The van der Waals surface area contributed by atoms with Crippen LogP contribution in [0.25, 0.3) is 0 Å². The molecule has 0 aliphatic carbocycles. The first-order chi connectivity index (χ1) is 10.7. The van der Waals surface area contributed by atoms with Gasteiger partial charge in [-0.25, -0.2) is 9.78 Å². The fraction of sp³-hybridized carbons (Fsp3) is 0.438. The predicted octanol–water partition coefficient (Wildman–Crippen LogP) is 1.04. The maximum absolute atomic E-state index is 11.7. The number of pyridine rings is 1. The molecule has 0 aliphatic rings. The number of nitrogens with one attached hydrogen (secondary N) is 1. The fourth-order valence-corrected chi connectivity index (χ4v) is 1.32. The molecule has 1 aromatic rings. The van der Waals surface area contributed by atoms with Crippen LogP contribution in [-0.4, -0.2) is 30.1 Å². The zero-order valence-corrected chi connectivity index (χ0v) is 13.7. The van der Waals surface area contributed by atoms with E-state index in [9.17, 15) is 9.59 Å². The third kappa shape index (κ3) is 6.36. The van der Waals surface area contributed by atoms with Gasteiger partial charge in [0.1, 0.15) is 5.69 Å². The molecule has 1 aromatic heterocycles. The molecule has 1 heterocycles. The number of nitrogen functional groups attached to an aromatic ring is 1. The van der Waals surface area contributed by atoms with Crippen LogP contribution in [0.3, 0.4) is 0 Å². The summed E-state index contributed by atoms with van der Waals surface area (Å²) in [5.41, 5.74) is 8.31. The quantitative estimate of drug-likeness (QED) is 0.485. The highest BCUT2D eigenvalue weighted by atomic mass is 16.7. The summed E-state index contributed by atoms with van der Waals surface area (Å²) in [6, 6.07) is 2.47. The molecule has 0 amide bonds. The Labute approximate surface area is 135 Å². The normalized spacial score (nSPS) is 11.8. The van der Waals surface area contributed by atoms with E-state index in [4.69, 9.17) is 10.6 Å². The number of nitrogens with two attached hydrogens (primary N) is 1. The Bertz CT molecular complexity index is 609. The van der Waals surface area contributed by atoms with Gasteiger partial charge in [0.2, 0.25) is 0 Å². The van der Waals surface area contributed by atoms with E-state index in [2.05, 4.69) is 27.0 Å². The summed E-state index contributed by atoms with van der Waals surface area (Å²) in [5.74, 6) is 4.52. The molecule has 0 saturated carbocycles. The highest BCUT2D eigenvalue weighted by molar-refractivity contribution is 5.77. The Morgan fingerprint density at radius 3 is 2.61 bits per heavy atom. The molecule has 0 aliphatic heterocycles. The van der Waals surface area contributed by atoms with Crippen LogP contribution in [0.15, 0.2) is 18.3 Å². The number of aromatic nitrogens is 1. The lowest BCUT2D eigenvalue weighted by Crippen LogP contribution is -2.41. The highest BCUT2D eigenvalue weighted by Gasteiger charge is 2.26. The monoisotopic (exact) mass is 319 g/mol. The Hall–Kier alpha value is -2.59. The summed E-state index contributed by atoms with van der Waals surface area (Å²) in [5, 5.41) is 0. The SMILES string of the molecule is COC(=O)[C@H](CC#Cc1ccc(N)cn1)NOC(=O)C(C)(C)C. The van der Waals surface area contributed by atoms with Crippen LogP contribution < -0.4 is 11.2 Å². The molecular formula is C16H21N3O4. The number of anilines is 1. The van der Waals surface area contributed by atoms with Gasteiger partial charge in [0, 0.05) is 6.42 Å². The molecule has 0 radical (unpaired) electrons. The van der Waals surface area contributed by atoms with Gasteiger partial charge in [-0.3, -0.25) is 4.79 Å². The standard InChI is InChI=1S/C16H21N3O4/c1-16(2,3)15(21)23-19-13(14(20)22-4)7-5-6-12-9-8-11(17)10-18-12/h8-10,13,19H,7,17H2,1-4H3/t13-/m0/s1. The van der Waals surface area contributed by atoms with Crippen molar-refractivity contribution in [3.05, 3.63) is 24.0 Å². The summed E-state index contributed by atoms with van der Waals surface area (Å²) < 4.78 is 4.66. The van der Waals surface area contributed by atoms with Crippen LogP contribution >= 0.6 is 0 Å². The Kier molecular flexibility index (Phi) is 6.54. The van der Waals surface area contributed by atoms with E-state index < -0.39 is 23.4 Å². The van der Waals surface area contributed by atoms with E-state index in [1.54, 1.807) is 32.9 Å². The van der Waals surface area contributed by atoms with Crippen LogP contribution in [0.1, 0.15) is 32.9 Å². The molecule has 0 aromatic carbocycles. The number of hydrogen-bond donors (Lipinski definition) is 2. The van der Waals surface area contributed by atoms with E-state index >= 15 is 0 Å². The van der Waals surface area contributed by atoms with Crippen molar-refractivity contribution in [3.63, 3.8) is 0 Å².